The summed E-state index contributed by atoms with van der Waals surface area (Å²) in [6.45, 7) is 0. The Hall–Kier alpha value is -3.10. The van der Waals surface area contributed by atoms with E-state index in [9.17, 15) is 9.59 Å². The lowest BCUT2D eigenvalue weighted by Gasteiger charge is -2.17. The van der Waals surface area contributed by atoms with E-state index in [4.69, 9.17) is 21.1 Å². The highest BCUT2D eigenvalue weighted by molar-refractivity contribution is 7.13. The molecule has 3 aromatic rings. The van der Waals surface area contributed by atoms with Gasteiger partial charge in [0.1, 0.15) is 10.7 Å². The molecule has 7 nitrogen and oxygen atoms in total. The predicted octanol–water partition coefficient (Wildman–Crippen LogP) is 4.43. The molecule has 9 heteroatoms. The molecule has 0 atom stereocenters. The molecule has 1 aromatic heterocycles. The fraction of sp³-hybridized carbons (Fsp3) is 0.190. The van der Waals surface area contributed by atoms with Crippen LogP contribution in [0.1, 0.15) is 20.8 Å². The van der Waals surface area contributed by atoms with Gasteiger partial charge < -0.3 is 19.7 Å². The van der Waals surface area contributed by atoms with Crippen LogP contribution in [0.25, 0.3) is 10.6 Å². The van der Waals surface area contributed by atoms with Gasteiger partial charge in [-0.15, -0.1) is 11.3 Å². The Labute approximate surface area is 183 Å². The van der Waals surface area contributed by atoms with Crippen molar-refractivity contribution in [1.82, 2.24) is 9.88 Å². The number of aromatic nitrogens is 1. The number of methoxy groups -OCH3 is 2. The SMILES string of the molecule is COc1cc(NC(=O)c2csc(-c3ccc(Cl)cc3)n2)c(C(=O)N(C)C)cc1OC. The Morgan fingerprint density at radius 3 is 2.30 bits per heavy atom. The summed E-state index contributed by atoms with van der Waals surface area (Å²) in [6, 6.07) is 10.3. The molecule has 156 valence electrons. The van der Waals surface area contributed by atoms with E-state index in [2.05, 4.69) is 10.3 Å². The number of hydrogen-bond acceptors (Lipinski definition) is 6. The monoisotopic (exact) mass is 445 g/mol. The number of rotatable bonds is 6. The van der Waals surface area contributed by atoms with Gasteiger partial charge in [-0.3, -0.25) is 9.59 Å². The van der Waals surface area contributed by atoms with Crippen molar-refractivity contribution in [2.45, 2.75) is 0 Å². The average molecular weight is 446 g/mol. The first kappa shape index (κ1) is 21.6. The molecular weight excluding hydrogens is 426 g/mol. The zero-order valence-electron chi connectivity index (χ0n) is 16.9. The zero-order chi connectivity index (χ0) is 21.8. The molecule has 1 N–H and O–H groups in total. The largest absolute Gasteiger partial charge is 0.493 e. The topological polar surface area (TPSA) is 80.8 Å². The number of halogens is 1. The summed E-state index contributed by atoms with van der Waals surface area (Å²) >= 11 is 7.26. The lowest BCUT2D eigenvalue weighted by molar-refractivity contribution is 0.0828. The molecule has 0 radical (unpaired) electrons. The van der Waals surface area contributed by atoms with Gasteiger partial charge in [0.2, 0.25) is 0 Å². The van der Waals surface area contributed by atoms with Gasteiger partial charge in [-0.2, -0.15) is 0 Å². The molecule has 0 saturated heterocycles. The summed E-state index contributed by atoms with van der Waals surface area (Å²) in [5.74, 6) is 0.0560. The number of anilines is 1. The van der Waals surface area contributed by atoms with Crippen molar-refractivity contribution in [3.63, 3.8) is 0 Å². The van der Waals surface area contributed by atoms with Crippen molar-refractivity contribution in [3.8, 4) is 22.1 Å². The van der Waals surface area contributed by atoms with Crippen LogP contribution in [0.5, 0.6) is 11.5 Å². The van der Waals surface area contributed by atoms with Gasteiger partial charge >= 0.3 is 0 Å². The summed E-state index contributed by atoms with van der Waals surface area (Å²) in [6.07, 6.45) is 0. The lowest BCUT2D eigenvalue weighted by atomic mass is 10.1. The minimum atomic E-state index is -0.438. The Morgan fingerprint density at radius 2 is 1.70 bits per heavy atom. The van der Waals surface area contributed by atoms with Crippen LogP contribution in [-0.2, 0) is 0 Å². The molecule has 3 rings (SSSR count). The van der Waals surface area contributed by atoms with Gasteiger partial charge in [0.15, 0.2) is 11.5 Å². The van der Waals surface area contributed by atoms with E-state index < -0.39 is 5.91 Å². The van der Waals surface area contributed by atoms with E-state index in [0.717, 1.165) is 5.56 Å². The summed E-state index contributed by atoms with van der Waals surface area (Å²) in [5, 5.41) is 5.74. The fourth-order valence-corrected chi connectivity index (χ4v) is 3.62. The first-order valence-electron chi connectivity index (χ1n) is 8.84. The molecule has 0 unspecified atom stereocenters. The maximum atomic E-state index is 12.8. The second-order valence-corrected chi connectivity index (χ2v) is 7.75. The predicted molar refractivity (Wildman–Crippen MR) is 118 cm³/mol. The summed E-state index contributed by atoms with van der Waals surface area (Å²) in [4.78, 5) is 31.3. The molecule has 0 bridgehead atoms. The maximum absolute atomic E-state index is 12.8. The standard InChI is InChI=1S/C21H20ClN3O4S/c1-25(2)21(27)14-9-17(28-3)18(29-4)10-15(14)23-19(26)16-11-30-20(24-16)12-5-7-13(22)8-6-12/h5-11H,1-4H3,(H,23,26). The van der Waals surface area contributed by atoms with Crippen LogP contribution < -0.4 is 14.8 Å². The highest BCUT2D eigenvalue weighted by Gasteiger charge is 2.21. The van der Waals surface area contributed by atoms with Crippen LogP contribution >= 0.6 is 22.9 Å². The summed E-state index contributed by atoms with van der Waals surface area (Å²) < 4.78 is 10.6. The number of hydrogen-bond donors (Lipinski definition) is 1. The number of carbonyl (C=O) groups excluding carboxylic acids is 2. The smallest absolute Gasteiger partial charge is 0.275 e. The minimum Gasteiger partial charge on any atom is -0.493 e. The molecule has 0 aliphatic heterocycles. The second-order valence-electron chi connectivity index (χ2n) is 6.45. The van der Waals surface area contributed by atoms with Crippen molar-refractivity contribution in [3.05, 3.63) is 58.1 Å². The van der Waals surface area contributed by atoms with E-state index >= 15 is 0 Å². The third-order valence-electron chi connectivity index (χ3n) is 4.24. The van der Waals surface area contributed by atoms with Crippen molar-refractivity contribution in [1.29, 1.82) is 0 Å². The first-order valence-corrected chi connectivity index (χ1v) is 10.1. The third-order valence-corrected chi connectivity index (χ3v) is 5.38. The fourth-order valence-electron chi connectivity index (χ4n) is 2.69. The zero-order valence-corrected chi connectivity index (χ0v) is 18.4. The van der Waals surface area contributed by atoms with E-state index in [1.165, 1.54) is 36.5 Å². The molecule has 1 heterocycles. The van der Waals surface area contributed by atoms with Gasteiger partial charge in [0.05, 0.1) is 25.5 Å². The molecule has 30 heavy (non-hydrogen) atoms. The third kappa shape index (κ3) is 4.55. The van der Waals surface area contributed by atoms with Gasteiger partial charge in [-0.25, -0.2) is 4.98 Å². The number of amides is 2. The summed E-state index contributed by atoms with van der Waals surface area (Å²) in [5.41, 5.74) is 1.68. The lowest BCUT2D eigenvalue weighted by Crippen LogP contribution is -2.24. The van der Waals surface area contributed by atoms with Crippen LogP contribution in [0.2, 0.25) is 5.02 Å². The van der Waals surface area contributed by atoms with Crippen molar-refractivity contribution in [2.24, 2.45) is 0 Å². The van der Waals surface area contributed by atoms with E-state index in [1.807, 2.05) is 12.1 Å². The first-order chi connectivity index (χ1) is 14.3. The van der Waals surface area contributed by atoms with Crippen LogP contribution in [0.4, 0.5) is 5.69 Å². The number of ether oxygens (including phenoxy) is 2. The van der Waals surface area contributed by atoms with Gasteiger partial charge in [0, 0.05) is 36.1 Å². The minimum absolute atomic E-state index is 0.239. The number of nitrogens with zero attached hydrogens (tertiary/aromatic N) is 2. The Balaban J connectivity index is 1.92. The maximum Gasteiger partial charge on any atom is 0.275 e. The Kier molecular flexibility index (Phi) is 6.59. The highest BCUT2D eigenvalue weighted by atomic mass is 35.5. The Morgan fingerprint density at radius 1 is 1.07 bits per heavy atom. The Bertz CT molecular complexity index is 1080. The van der Waals surface area contributed by atoms with Crippen LogP contribution in [0.15, 0.2) is 41.8 Å². The number of benzene rings is 2. The molecule has 0 spiro atoms. The van der Waals surface area contributed by atoms with Crippen molar-refractivity contribution < 1.29 is 19.1 Å². The molecule has 0 fully saturated rings. The number of nitrogens with one attached hydrogen (secondary N) is 1. The molecule has 0 aliphatic rings. The molecule has 0 aliphatic carbocycles. The van der Waals surface area contributed by atoms with Crippen molar-refractivity contribution >= 4 is 40.4 Å². The average Bonchev–Trinajstić information content (AvgIpc) is 3.23. The molecule has 2 amide bonds. The van der Waals surface area contributed by atoms with E-state index in [-0.39, 0.29) is 17.2 Å². The van der Waals surface area contributed by atoms with Crippen LogP contribution in [0.3, 0.4) is 0 Å². The van der Waals surface area contributed by atoms with Gasteiger partial charge in [-0.05, 0) is 18.2 Å². The summed E-state index contributed by atoms with van der Waals surface area (Å²) in [7, 11) is 6.22. The van der Waals surface area contributed by atoms with E-state index in [1.54, 1.807) is 37.7 Å². The van der Waals surface area contributed by atoms with Gasteiger partial charge in [-0.1, -0.05) is 23.7 Å². The molecule has 0 saturated carbocycles. The van der Waals surface area contributed by atoms with Crippen LogP contribution in [-0.4, -0.2) is 50.0 Å². The number of carbonyl (C=O) groups is 2. The quantitative estimate of drug-likeness (QED) is 0.606. The highest BCUT2D eigenvalue weighted by Crippen LogP contribution is 2.34. The normalized spacial score (nSPS) is 10.4. The molecular formula is C21H20ClN3O4S. The molecule has 2 aromatic carbocycles. The second kappa shape index (κ2) is 9.15. The van der Waals surface area contributed by atoms with Crippen molar-refractivity contribution in [2.75, 3.05) is 33.6 Å². The van der Waals surface area contributed by atoms with Crippen LogP contribution in [0, 0.1) is 0 Å². The number of thiazole rings is 1. The van der Waals surface area contributed by atoms with E-state index in [0.29, 0.717) is 27.2 Å². The van der Waals surface area contributed by atoms with Gasteiger partial charge in [0.25, 0.3) is 11.8 Å².